The SMILES string of the molecule is Cc1ccc(CC(CN)Cc2cc(Br)cs2)cc1. The van der Waals surface area contributed by atoms with Gasteiger partial charge >= 0.3 is 0 Å². The van der Waals surface area contributed by atoms with Crippen molar-refractivity contribution in [2.24, 2.45) is 11.7 Å². The number of aryl methyl sites for hydroxylation is 1. The molecule has 18 heavy (non-hydrogen) atoms. The topological polar surface area (TPSA) is 26.0 Å². The predicted octanol–water partition coefficient (Wildman–Crippen LogP) is 4.18. The molecule has 0 fully saturated rings. The van der Waals surface area contributed by atoms with E-state index in [9.17, 15) is 0 Å². The van der Waals surface area contributed by atoms with E-state index < -0.39 is 0 Å². The number of halogens is 1. The van der Waals surface area contributed by atoms with Crippen LogP contribution in [0.25, 0.3) is 0 Å². The summed E-state index contributed by atoms with van der Waals surface area (Å²) in [5.74, 6) is 0.526. The molecule has 1 aromatic heterocycles. The van der Waals surface area contributed by atoms with Crippen molar-refractivity contribution in [3.63, 3.8) is 0 Å². The Hall–Kier alpha value is -0.640. The summed E-state index contributed by atoms with van der Waals surface area (Å²) in [6.45, 7) is 2.86. The maximum absolute atomic E-state index is 5.90. The van der Waals surface area contributed by atoms with Crippen molar-refractivity contribution in [3.8, 4) is 0 Å². The molecule has 0 aliphatic heterocycles. The Morgan fingerprint density at radius 2 is 1.94 bits per heavy atom. The molecule has 0 radical (unpaired) electrons. The van der Waals surface area contributed by atoms with Crippen molar-refractivity contribution in [2.45, 2.75) is 19.8 Å². The third-order valence-electron chi connectivity index (χ3n) is 3.09. The smallest absolute Gasteiger partial charge is 0.0285 e. The molecular weight excluding hydrogens is 306 g/mol. The Labute approximate surface area is 121 Å². The van der Waals surface area contributed by atoms with E-state index in [1.807, 2.05) is 0 Å². The molecule has 0 amide bonds. The van der Waals surface area contributed by atoms with Crippen LogP contribution in [0.2, 0.25) is 0 Å². The Morgan fingerprint density at radius 3 is 2.50 bits per heavy atom. The molecular formula is C15H18BrNS. The van der Waals surface area contributed by atoms with Gasteiger partial charge in [0, 0.05) is 14.7 Å². The van der Waals surface area contributed by atoms with Crippen LogP contribution in [0.15, 0.2) is 40.2 Å². The molecule has 0 aliphatic carbocycles. The number of benzene rings is 1. The summed E-state index contributed by atoms with van der Waals surface area (Å²) in [4.78, 5) is 1.41. The second kappa shape index (κ2) is 6.50. The molecule has 0 saturated heterocycles. The first-order valence-electron chi connectivity index (χ1n) is 6.16. The van der Waals surface area contributed by atoms with Crippen LogP contribution in [0.5, 0.6) is 0 Å². The van der Waals surface area contributed by atoms with E-state index in [-0.39, 0.29) is 0 Å². The van der Waals surface area contributed by atoms with Crippen LogP contribution in [-0.4, -0.2) is 6.54 Å². The molecule has 2 aromatic rings. The Morgan fingerprint density at radius 1 is 1.22 bits per heavy atom. The molecule has 1 atom stereocenters. The van der Waals surface area contributed by atoms with Crippen LogP contribution < -0.4 is 5.73 Å². The highest BCUT2D eigenvalue weighted by molar-refractivity contribution is 9.10. The van der Waals surface area contributed by atoms with E-state index in [0.29, 0.717) is 5.92 Å². The lowest BCUT2D eigenvalue weighted by molar-refractivity contribution is 0.537. The van der Waals surface area contributed by atoms with Crippen molar-refractivity contribution in [2.75, 3.05) is 6.54 Å². The lowest BCUT2D eigenvalue weighted by atomic mass is 9.95. The monoisotopic (exact) mass is 323 g/mol. The minimum absolute atomic E-state index is 0.526. The van der Waals surface area contributed by atoms with Crippen molar-refractivity contribution in [3.05, 3.63) is 56.2 Å². The highest BCUT2D eigenvalue weighted by Crippen LogP contribution is 2.23. The number of hydrogen-bond acceptors (Lipinski definition) is 2. The second-order valence-corrected chi connectivity index (χ2v) is 6.64. The van der Waals surface area contributed by atoms with Crippen LogP contribution in [0.4, 0.5) is 0 Å². The molecule has 1 aromatic carbocycles. The number of thiophene rings is 1. The van der Waals surface area contributed by atoms with Gasteiger partial charge in [0.1, 0.15) is 0 Å². The second-order valence-electron chi connectivity index (χ2n) is 4.73. The molecule has 0 aliphatic rings. The van der Waals surface area contributed by atoms with Crippen LogP contribution in [0.3, 0.4) is 0 Å². The normalized spacial score (nSPS) is 12.6. The van der Waals surface area contributed by atoms with Crippen molar-refractivity contribution in [1.82, 2.24) is 0 Å². The molecule has 1 heterocycles. The van der Waals surface area contributed by atoms with E-state index in [1.54, 1.807) is 11.3 Å². The third-order valence-corrected chi connectivity index (χ3v) is 4.81. The van der Waals surface area contributed by atoms with Gasteiger partial charge in [0.05, 0.1) is 0 Å². The van der Waals surface area contributed by atoms with E-state index in [1.165, 1.54) is 20.5 Å². The molecule has 3 heteroatoms. The average molecular weight is 324 g/mol. The van der Waals surface area contributed by atoms with Crippen LogP contribution >= 0.6 is 27.3 Å². The highest BCUT2D eigenvalue weighted by atomic mass is 79.9. The summed E-state index contributed by atoms with van der Waals surface area (Å²) < 4.78 is 1.17. The zero-order chi connectivity index (χ0) is 13.0. The Balaban J connectivity index is 1.99. The number of nitrogens with two attached hydrogens (primary N) is 1. The van der Waals surface area contributed by atoms with E-state index in [2.05, 4.69) is 58.6 Å². The zero-order valence-electron chi connectivity index (χ0n) is 10.5. The molecule has 2 N–H and O–H groups in total. The van der Waals surface area contributed by atoms with E-state index in [4.69, 9.17) is 5.73 Å². The standard InChI is InChI=1S/C15H18BrNS/c1-11-2-4-12(5-3-11)6-13(9-17)7-15-8-14(16)10-18-15/h2-5,8,10,13H,6-7,9,17H2,1H3. The fourth-order valence-corrected chi connectivity index (χ4v) is 3.61. The van der Waals surface area contributed by atoms with Gasteiger partial charge in [0.15, 0.2) is 0 Å². The summed E-state index contributed by atoms with van der Waals surface area (Å²) in [6, 6.07) is 11.0. The summed E-state index contributed by atoms with van der Waals surface area (Å²) >= 11 is 5.30. The Bertz CT molecular complexity index is 489. The van der Waals surface area contributed by atoms with E-state index in [0.717, 1.165) is 19.4 Å². The zero-order valence-corrected chi connectivity index (χ0v) is 12.9. The van der Waals surface area contributed by atoms with Crippen LogP contribution in [0.1, 0.15) is 16.0 Å². The van der Waals surface area contributed by atoms with Gasteiger partial charge in [-0.05, 0) is 59.8 Å². The molecule has 96 valence electrons. The van der Waals surface area contributed by atoms with Gasteiger partial charge in [-0.2, -0.15) is 0 Å². The van der Waals surface area contributed by atoms with Crippen LogP contribution in [0, 0.1) is 12.8 Å². The lowest BCUT2D eigenvalue weighted by Crippen LogP contribution is -2.18. The minimum Gasteiger partial charge on any atom is -0.330 e. The summed E-state index contributed by atoms with van der Waals surface area (Å²) in [5, 5.41) is 2.13. The van der Waals surface area contributed by atoms with Crippen LogP contribution in [-0.2, 0) is 12.8 Å². The van der Waals surface area contributed by atoms with Gasteiger partial charge in [0.25, 0.3) is 0 Å². The summed E-state index contributed by atoms with van der Waals surface area (Å²) in [5.41, 5.74) is 8.59. The fourth-order valence-electron chi connectivity index (χ4n) is 2.04. The Kier molecular flexibility index (Phi) is 4.98. The summed E-state index contributed by atoms with van der Waals surface area (Å²) in [6.07, 6.45) is 2.13. The maximum atomic E-state index is 5.90. The van der Waals surface area contributed by atoms with E-state index >= 15 is 0 Å². The number of hydrogen-bond donors (Lipinski definition) is 1. The fraction of sp³-hybridized carbons (Fsp3) is 0.333. The molecule has 2 rings (SSSR count). The first kappa shape index (κ1) is 13.8. The van der Waals surface area contributed by atoms with Crippen molar-refractivity contribution in [1.29, 1.82) is 0 Å². The molecule has 0 saturated carbocycles. The van der Waals surface area contributed by atoms with Gasteiger partial charge in [-0.1, -0.05) is 29.8 Å². The molecule has 1 unspecified atom stereocenters. The number of rotatable bonds is 5. The highest BCUT2D eigenvalue weighted by Gasteiger charge is 2.10. The first-order valence-corrected chi connectivity index (χ1v) is 7.83. The predicted molar refractivity (Wildman–Crippen MR) is 83.2 cm³/mol. The molecule has 0 spiro atoms. The first-order chi connectivity index (χ1) is 8.67. The average Bonchev–Trinajstić information content (AvgIpc) is 2.77. The lowest BCUT2D eigenvalue weighted by Gasteiger charge is -2.13. The maximum Gasteiger partial charge on any atom is 0.0285 e. The quantitative estimate of drug-likeness (QED) is 0.877. The van der Waals surface area contributed by atoms with Gasteiger partial charge in [-0.3, -0.25) is 0 Å². The summed E-state index contributed by atoms with van der Waals surface area (Å²) in [7, 11) is 0. The largest absolute Gasteiger partial charge is 0.330 e. The van der Waals surface area contributed by atoms with Gasteiger partial charge < -0.3 is 5.73 Å². The van der Waals surface area contributed by atoms with Gasteiger partial charge in [-0.25, -0.2) is 0 Å². The molecule has 1 nitrogen and oxygen atoms in total. The van der Waals surface area contributed by atoms with Crippen molar-refractivity contribution >= 4 is 27.3 Å². The van der Waals surface area contributed by atoms with Gasteiger partial charge in [0.2, 0.25) is 0 Å². The van der Waals surface area contributed by atoms with Gasteiger partial charge in [-0.15, -0.1) is 11.3 Å². The third kappa shape index (κ3) is 3.94. The minimum atomic E-state index is 0.526. The van der Waals surface area contributed by atoms with Crippen molar-refractivity contribution < 1.29 is 0 Å². The molecule has 0 bridgehead atoms.